The molecule has 0 aromatic rings. The first-order valence-electron chi connectivity index (χ1n) is 5.93. The first kappa shape index (κ1) is 15.4. The largest absolute Gasteiger partial charge is 0.466 e. The lowest BCUT2D eigenvalue weighted by Gasteiger charge is -2.09. The van der Waals surface area contributed by atoms with Crippen LogP contribution in [-0.4, -0.2) is 39.5 Å². The third kappa shape index (κ3) is 9.93. The molecule has 0 aliphatic rings. The van der Waals surface area contributed by atoms with Gasteiger partial charge in [0, 0.05) is 33.4 Å². The number of esters is 1. The molecule has 1 unspecified atom stereocenters. The Hall–Kier alpha value is -0.610. The number of carbonyl (C=O) groups is 1. The topological polar surface area (TPSA) is 44.8 Å². The fourth-order valence-corrected chi connectivity index (χ4v) is 1.28. The van der Waals surface area contributed by atoms with Crippen molar-refractivity contribution in [3.8, 4) is 0 Å². The van der Waals surface area contributed by atoms with Crippen LogP contribution in [0.15, 0.2) is 0 Å². The Morgan fingerprint density at radius 1 is 1.25 bits per heavy atom. The number of rotatable bonds is 10. The summed E-state index contributed by atoms with van der Waals surface area (Å²) in [6.45, 7) is 6.51. The number of hydrogen-bond acceptors (Lipinski definition) is 4. The van der Waals surface area contributed by atoms with Crippen molar-refractivity contribution in [3.63, 3.8) is 0 Å². The third-order valence-corrected chi connectivity index (χ3v) is 2.01. The van der Waals surface area contributed by atoms with E-state index < -0.39 is 0 Å². The standard InChI is InChI=1S/C12H24O4/c1-4-6-15-7-5-8-16-12(13)9-11(2)10-14-3/h11H,4-10H2,1-3H3. The summed E-state index contributed by atoms with van der Waals surface area (Å²) in [5, 5.41) is 0. The van der Waals surface area contributed by atoms with E-state index in [-0.39, 0.29) is 11.9 Å². The number of methoxy groups -OCH3 is 1. The molecule has 0 heterocycles. The summed E-state index contributed by atoms with van der Waals surface area (Å²) in [5.41, 5.74) is 0. The van der Waals surface area contributed by atoms with Crippen molar-refractivity contribution in [1.82, 2.24) is 0 Å². The van der Waals surface area contributed by atoms with E-state index in [1.807, 2.05) is 6.92 Å². The molecular formula is C12H24O4. The lowest BCUT2D eigenvalue weighted by Crippen LogP contribution is -2.14. The van der Waals surface area contributed by atoms with E-state index in [2.05, 4.69) is 6.92 Å². The molecule has 1 atom stereocenters. The first-order valence-corrected chi connectivity index (χ1v) is 5.93. The molecule has 0 aliphatic carbocycles. The van der Waals surface area contributed by atoms with E-state index in [4.69, 9.17) is 14.2 Å². The van der Waals surface area contributed by atoms with E-state index in [1.54, 1.807) is 7.11 Å². The van der Waals surface area contributed by atoms with Crippen molar-refractivity contribution >= 4 is 5.97 Å². The van der Waals surface area contributed by atoms with Gasteiger partial charge in [-0.3, -0.25) is 4.79 Å². The third-order valence-electron chi connectivity index (χ3n) is 2.01. The molecule has 0 aromatic carbocycles. The van der Waals surface area contributed by atoms with E-state index in [9.17, 15) is 4.79 Å². The van der Waals surface area contributed by atoms with Gasteiger partial charge in [0.1, 0.15) is 0 Å². The number of carbonyl (C=O) groups excluding carboxylic acids is 1. The molecule has 0 saturated heterocycles. The predicted octanol–water partition coefficient (Wildman–Crippen LogP) is 2.02. The van der Waals surface area contributed by atoms with Gasteiger partial charge in [-0.05, 0) is 12.3 Å². The molecule has 96 valence electrons. The fourth-order valence-electron chi connectivity index (χ4n) is 1.28. The second-order valence-electron chi connectivity index (χ2n) is 3.95. The maximum absolute atomic E-state index is 11.3. The van der Waals surface area contributed by atoms with Gasteiger partial charge >= 0.3 is 5.97 Å². The minimum atomic E-state index is -0.153. The van der Waals surface area contributed by atoms with Gasteiger partial charge in [-0.2, -0.15) is 0 Å². The second kappa shape index (κ2) is 10.9. The van der Waals surface area contributed by atoms with Crippen LogP contribution in [0.2, 0.25) is 0 Å². The first-order chi connectivity index (χ1) is 7.70. The summed E-state index contributed by atoms with van der Waals surface area (Å²) in [5.74, 6) is 0.0638. The molecule has 0 saturated carbocycles. The Kier molecular flexibility index (Phi) is 10.5. The molecule has 4 nitrogen and oxygen atoms in total. The minimum absolute atomic E-state index is 0.153. The molecule has 4 heteroatoms. The Labute approximate surface area is 98.3 Å². The van der Waals surface area contributed by atoms with Crippen LogP contribution >= 0.6 is 0 Å². The lowest BCUT2D eigenvalue weighted by molar-refractivity contribution is -0.145. The zero-order valence-corrected chi connectivity index (χ0v) is 10.7. The normalized spacial score (nSPS) is 12.4. The maximum Gasteiger partial charge on any atom is 0.306 e. The molecule has 0 radical (unpaired) electrons. The average Bonchev–Trinajstić information content (AvgIpc) is 2.23. The summed E-state index contributed by atoms with van der Waals surface area (Å²) in [4.78, 5) is 11.3. The highest BCUT2D eigenvalue weighted by Crippen LogP contribution is 2.03. The summed E-state index contributed by atoms with van der Waals surface area (Å²) in [6, 6.07) is 0. The van der Waals surface area contributed by atoms with E-state index in [1.165, 1.54) is 0 Å². The van der Waals surface area contributed by atoms with Crippen molar-refractivity contribution in [2.24, 2.45) is 5.92 Å². The molecule has 16 heavy (non-hydrogen) atoms. The molecule has 0 bridgehead atoms. The van der Waals surface area contributed by atoms with Crippen LogP contribution < -0.4 is 0 Å². The van der Waals surface area contributed by atoms with Crippen molar-refractivity contribution in [1.29, 1.82) is 0 Å². The molecule has 0 N–H and O–H groups in total. The summed E-state index contributed by atoms with van der Waals surface area (Å²) >= 11 is 0. The van der Waals surface area contributed by atoms with Gasteiger partial charge in [-0.15, -0.1) is 0 Å². The zero-order chi connectivity index (χ0) is 12.2. The van der Waals surface area contributed by atoms with Crippen molar-refractivity contribution in [2.45, 2.75) is 33.1 Å². The Balaban J connectivity index is 3.30. The van der Waals surface area contributed by atoms with Crippen molar-refractivity contribution in [2.75, 3.05) is 33.5 Å². The molecule has 0 spiro atoms. The van der Waals surface area contributed by atoms with Crippen LogP contribution in [0.25, 0.3) is 0 Å². The highest BCUT2D eigenvalue weighted by atomic mass is 16.5. The van der Waals surface area contributed by atoms with Crippen molar-refractivity contribution < 1.29 is 19.0 Å². The van der Waals surface area contributed by atoms with Gasteiger partial charge in [-0.1, -0.05) is 13.8 Å². The number of hydrogen-bond donors (Lipinski definition) is 0. The van der Waals surface area contributed by atoms with Gasteiger partial charge in [0.25, 0.3) is 0 Å². The molecule has 0 aromatic heterocycles. The van der Waals surface area contributed by atoms with Crippen LogP contribution in [0.3, 0.4) is 0 Å². The summed E-state index contributed by atoms with van der Waals surface area (Å²) in [6.07, 6.45) is 2.21. The Morgan fingerprint density at radius 2 is 2.00 bits per heavy atom. The lowest BCUT2D eigenvalue weighted by atomic mass is 10.1. The van der Waals surface area contributed by atoms with E-state index >= 15 is 0 Å². The quantitative estimate of drug-likeness (QED) is 0.427. The average molecular weight is 232 g/mol. The Morgan fingerprint density at radius 3 is 2.62 bits per heavy atom. The second-order valence-corrected chi connectivity index (χ2v) is 3.95. The predicted molar refractivity (Wildman–Crippen MR) is 62.3 cm³/mol. The monoisotopic (exact) mass is 232 g/mol. The maximum atomic E-state index is 11.3. The SMILES string of the molecule is CCCOCCCOC(=O)CC(C)COC. The fraction of sp³-hybridized carbons (Fsp3) is 0.917. The summed E-state index contributed by atoms with van der Waals surface area (Å²) < 4.78 is 15.3. The van der Waals surface area contributed by atoms with E-state index in [0.717, 1.165) is 19.4 Å². The van der Waals surface area contributed by atoms with Crippen LogP contribution in [0.4, 0.5) is 0 Å². The van der Waals surface area contributed by atoms with Gasteiger partial charge in [0.05, 0.1) is 13.0 Å². The molecule has 0 fully saturated rings. The van der Waals surface area contributed by atoms with Gasteiger partial charge in [0.15, 0.2) is 0 Å². The minimum Gasteiger partial charge on any atom is -0.466 e. The smallest absolute Gasteiger partial charge is 0.306 e. The van der Waals surface area contributed by atoms with Crippen LogP contribution in [0.1, 0.15) is 33.1 Å². The van der Waals surface area contributed by atoms with Crippen LogP contribution in [0.5, 0.6) is 0 Å². The summed E-state index contributed by atoms with van der Waals surface area (Å²) in [7, 11) is 1.63. The zero-order valence-electron chi connectivity index (χ0n) is 10.7. The molecule has 0 aliphatic heterocycles. The van der Waals surface area contributed by atoms with Crippen molar-refractivity contribution in [3.05, 3.63) is 0 Å². The molecular weight excluding hydrogens is 208 g/mol. The molecule has 0 amide bonds. The highest BCUT2D eigenvalue weighted by molar-refractivity contribution is 5.69. The van der Waals surface area contributed by atoms with Crippen LogP contribution in [0, 0.1) is 5.92 Å². The van der Waals surface area contributed by atoms with Gasteiger partial charge < -0.3 is 14.2 Å². The Bertz CT molecular complexity index is 170. The van der Waals surface area contributed by atoms with E-state index in [0.29, 0.717) is 26.2 Å². The highest BCUT2D eigenvalue weighted by Gasteiger charge is 2.09. The molecule has 0 rings (SSSR count). The van der Waals surface area contributed by atoms with Gasteiger partial charge in [-0.25, -0.2) is 0 Å². The van der Waals surface area contributed by atoms with Crippen LogP contribution in [-0.2, 0) is 19.0 Å². The number of ether oxygens (including phenoxy) is 3. The van der Waals surface area contributed by atoms with Gasteiger partial charge in [0.2, 0.25) is 0 Å².